The zero-order valence-corrected chi connectivity index (χ0v) is 17.8. The molecule has 1 fully saturated rings. The Labute approximate surface area is 190 Å². The fourth-order valence-corrected chi connectivity index (χ4v) is 4.26. The summed E-state index contributed by atoms with van der Waals surface area (Å²) < 4.78 is 1.89. The Morgan fingerprint density at radius 1 is 1.09 bits per heavy atom. The number of amides is 2. The Hall–Kier alpha value is -4.27. The van der Waals surface area contributed by atoms with Gasteiger partial charge in [-0.15, -0.1) is 0 Å². The van der Waals surface area contributed by atoms with Crippen LogP contribution < -0.4 is 11.1 Å². The molecule has 4 aromatic rings. The van der Waals surface area contributed by atoms with E-state index in [9.17, 15) is 9.59 Å². The van der Waals surface area contributed by atoms with E-state index < -0.39 is 0 Å². The number of hydrogen-bond acceptors (Lipinski definition) is 6. The summed E-state index contributed by atoms with van der Waals surface area (Å²) >= 11 is 0. The van der Waals surface area contributed by atoms with E-state index in [-0.39, 0.29) is 17.9 Å². The molecule has 1 aliphatic heterocycles. The van der Waals surface area contributed by atoms with E-state index in [2.05, 4.69) is 22.2 Å². The van der Waals surface area contributed by atoms with Crippen molar-refractivity contribution in [1.82, 2.24) is 24.3 Å². The van der Waals surface area contributed by atoms with Crippen molar-refractivity contribution in [3.63, 3.8) is 0 Å². The first-order valence-electron chi connectivity index (χ1n) is 10.6. The second kappa shape index (κ2) is 8.34. The van der Waals surface area contributed by atoms with Gasteiger partial charge in [0.1, 0.15) is 28.7 Å². The highest BCUT2D eigenvalue weighted by Crippen LogP contribution is 2.36. The average Bonchev–Trinajstić information content (AvgIpc) is 3.45. The number of carbonyl (C=O) groups is 2. The van der Waals surface area contributed by atoms with Gasteiger partial charge in [-0.1, -0.05) is 18.2 Å². The maximum absolute atomic E-state index is 12.6. The highest BCUT2D eigenvalue weighted by atomic mass is 16.2. The topological polar surface area (TPSA) is 119 Å². The van der Waals surface area contributed by atoms with Crippen molar-refractivity contribution in [2.45, 2.75) is 18.9 Å². The van der Waals surface area contributed by atoms with Crippen LogP contribution in [0.3, 0.4) is 0 Å². The lowest BCUT2D eigenvalue weighted by Gasteiger charge is -2.22. The maximum Gasteiger partial charge on any atom is 0.256 e. The number of aromatic nitrogens is 4. The fourth-order valence-electron chi connectivity index (χ4n) is 4.26. The minimum atomic E-state index is -0.257. The Balaban J connectivity index is 1.51. The summed E-state index contributed by atoms with van der Waals surface area (Å²) in [6, 6.07) is 12.2. The predicted molar refractivity (Wildman–Crippen MR) is 124 cm³/mol. The Bertz CT molecular complexity index is 1330. The third-order valence-electron chi connectivity index (χ3n) is 5.81. The van der Waals surface area contributed by atoms with Gasteiger partial charge in [0.25, 0.3) is 5.91 Å². The summed E-state index contributed by atoms with van der Waals surface area (Å²) in [6.07, 6.45) is 6.72. The minimum absolute atomic E-state index is 0.179. The van der Waals surface area contributed by atoms with Crippen molar-refractivity contribution in [2.24, 2.45) is 0 Å². The monoisotopic (exact) mass is 440 g/mol. The highest BCUT2D eigenvalue weighted by Gasteiger charge is 2.32. The molecule has 9 nitrogen and oxygen atoms in total. The van der Waals surface area contributed by atoms with Crippen LogP contribution in [-0.4, -0.2) is 42.6 Å². The van der Waals surface area contributed by atoms with Gasteiger partial charge in [0.15, 0.2) is 0 Å². The molecular weight excluding hydrogens is 418 g/mol. The van der Waals surface area contributed by atoms with Crippen molar-refractivity contribution >= 4 is 29.0 Å². The van der Waals surface area contributed by atoms with E-state index >= 15 is 0 Å². The van der Waals surface area contributed by atoms with Crippen LogP contribution in [0.2, 0.25) is 0 Å². The molecule has 1 saturated heterocycles. The molecule has 4 heterocycles. The van der Waals surface area contributed by atoms with Gasteiger partial charge < -0.3 is 16.0 Å². The molecule has 165 valence electrons. The molecule has 1 aliphatic rings. The zero-order valence-electron chi connectivity index (χ0n) is 17.8. The summed E-state index contributed by atoms with van der Waals surface area (Å²) in [5.41, 5.74) is 8.83. The van der Waals surface area contributed by atoms with E-state index in [0.717, 1.165) is 24.2 Å². The van der Waals surface area contributed by atoms with E-state index in [0.29, 0.717) is 35.0 Å². The van der Waals surface area contributed by atoms with Crippen LogP contribution in [0.25, 0.3) is 16.8 Å². The van der Waals surface area contributed by atoms with E-state index in [1.165, 1.54) is 0 Å². The van der Waals surface area contributed by atoms with Gasteiger partial charge >= 0.3 is 0 Å². The number of imidazole rings is 1. The SMILES string of the molecule is [CH2]C(=O)N1CCCC1c1nc(-c2ccc(C(=O)Nc3ccccn3)cc2)c2c(N)nccn12. The molecule has 3 aromatic heterocycles. The number of nitrogens with one attached hydrogen (secondary N) is 1. The second-order valence-corrected chi connectivity index (χ2v) is 7.84. The molecule has 1 atom stereocenters. The molecule has 1 unspecified atom stereocenters. The van der Waals surface area contributed by atoms with Crippen molar-refractivity contribution < 1.29 is 9.59 Å². The van der Waals surface area contributed by atoms with Crippen LogP contribution in [0.15, 0.2) is 61.1 Å². The standard InChI is InChI=1S/C24H22N7O2/c1-15(32)30-13-4-5-18(30)23-29-20(21-22(25)27-12-14-31(21)23)16-7-9-17(10-8-16)24(33)28-19-6-2-3-11-26-19/h2-3,6-12,14,18H,1,4-5,13H2,(H2,25,27)(H,26,28,33). The maximum atomic E-state index is 12.6. The Morgan fingerprint density at radius 3 is 2.64 bits per heavy atom. The molecule has 1 radical (unpaired) electrons. The third-order valence-corrected chi connectivity index (χ3v) is 5.81. The largest absolute Gasteiger partial charge is 0.382 e. The zero-order chi connectivity index (χ0) is 22.9. The predicted octanol–water partition coefficient (Wildman–Crippen LogP) is 3.12. The van der Waals surface area contributed by atoms with Gasteiger partial charge in [-0.25, -0.2) is 15.0 Å². The van der Waals surface area contributed by atoms with Crippen molar-refractivity contribution in [2.75, 3.05) is 17.6 Å². The summed E-state index contributed by atoms with van der Waals surface area (Å²) in [4.78, 5) is 39.6. The van der Waals surface area contributed by atoms with Crippen LogP contribution >= 0.6 is 0 Å². The normalized spacial score (nSPS) is 15.7. The first-order valence-corrected chi connectivity index (χ1v) is 10.6. The summed E-state index contributed by atoms with van der Waals surface area (Å²) in [5, 5.41) is 2.77. The summed E-state index contributed by atoms with van der Waals surface area (Å²) in [6.45, 7) is 4.24. The van der Waals surface area contributed by atoms with Crippen LogP contribution in [0.5, 0.6) is 0 Å². The van der Waals surface area contributed by atoms with Crippen molar-refractivity contribution in [1.29, 1.82) is 0 Å². The molecule has 2 amide bonds. The van der Waals surface area contributed by atoms with Gasteiger partial charge in [0, 0.05) is 43.2 Å². The molecule has 0 spiro atoms. The molecular formula is C24H22N7O2. The van der Waals surface area contributed by atoms with Crippen LogP contribution in [0, 0.1) is 6.92 Å². The number of benzene rings is 1. The number of nitrogens with two attached hydrogens (primary N) is 1. The molecule has 0 bridgehead atoms. The van der Waals surface area contributed by atoms with Gasteiger partial charge in [-0.3, -0.25) is 14.0 Å². The molecule has 5 rings (SSSR count). The smallest absolute Gasteiger partial charge is 0.256 e. The quantitative estimate of drug-likeness (QED) is 0.503. The van der Waals surface area contributed by atoms with Gasteiger partial charge in [-0.2, -0.15) is 0 Å². The second-order valence-electron chi connectivity index (χ2n) is 7.84. The number of nitrogens with zero attached hydrogens (tertiary/aromatic N) is 5. The van der Waals surface area contributed by atoms with Gasteiger partial charge in [0.2, 0.25) is 5.91 Å². The number of rotatable bonds is 4. The number of anilines is 2. The van der Waals surface area contributed by atoms with Crippen LogP contribution in [0.4, 0.5) is 11.6 Å². The fraction of sp³-hybridized carbons (Fsp3) is 0.167. The third kappa shape index (κ3) is 3.78. The Kier molecular flexibility index (Phi) is 5.21. The van der Waals surface area contributed by atoms with Crippen molar-refractivity contribution in [3.8, 4) is 11.3 Å². The lowest BCUT2D eigenvalue weighted by molar-refractivity contribution is -0.127. The molecule has 3 N–H and O–H groups in total. The first-order chi connectivity index (χ1) is 16.0. The number of carbonyl (C=O) groups excluding carboxylic acids is 2. The molecule has 33 heavy (non-hydrogen) atoms. The lowest BCUT2D eigenvalue weighted by Crippen LogP contribution is -2.29. The van der Waals surface area contributed by atoms with E-state index in [1.54, 1.807) is 53.8 Å². The number of hydrogen-bond donors (Lipinski definition) is 2. The van der Waals surface area contributed by atoms with E-state index in [4.69, 9.17) is 10.7 Å². The van der Waals surface area contributed by atoms with Gasteiger partial charge in [0.05, 0.1) is 6.04 Å². The van der Waals surface area contributed by atoms with Crippen LogP contribution in [-0.2, 0) is 4.79 Å². The molecule has 1 aromatic carbocycles. The minimum Gasteiger partial charge on any atom is -0.382 e. The molecule has 9 heteroatoms. The summed E-state index contributed by atoms with van der Waals surface area (Å²) in [5.74, 6) is 1.07. The number of nitrogen functional groups attached to an aromatic ring is 1. The van der Waals surface area contributed by atoms with Crippen LogP contribution in [0.1, 0.15) is 35.1 Å². The Morgan fingerprint density at radius 2 is 1.91 bits per heavy atom. The average molecular weight is 440 g/mol. The molecule has 0 saturated carbocycles. The summed E-state index contributed by atoms with van der Waals surface area (Å²) in [7, 11) is 0. The number of likely N-dealkylation sites (tertiary alicyclic amines) is 1. The first kappa shape index (κ1) is 20.6. The molecule has 0 aliphatic carbocycles. The van der Waals surface area contributed by atoms with E-state index in [1.807, 2.05) is 16.5 Å². The highest BCUT2D eigenvalue weighted by molar-refractivity contribution is 6.04. The number of fused-ring (bicyclic) bond motifs is 1. The lowest BCUT2D eigenvalue weighted by atomic mass is 10.1. The van der Waals surface area contributed by atoms with Crippen molar-refractivity contribution in [3.05, 3.63) is 79.4 Å². The van der Waals surface area contributed by atoms with Gasteiger partial charge in [-0.05, 0) is 37.1 Å². The number of pyridine rings is 1.